The highest BCUT2D eigenvalue weighted by Crippen LogP contribution is 2.25. The van der Waals surface area contributed by atoms with Gasteiger partial charge in [-0.05, 0) is 42.9 Å². The molecule has 1 aromatic rings. The summed E-state index contributed by atoms with van der Waals surface area (Å²) in [4.78, 5) is 1.23. The lowest BCUT2D eigenvalue weighted by molar-refractivity contribution is 0.465. The van der Waals surface area contributed by atoms with Crippen LogP contribution >= 0.6 is 11.8 Å². The van der Waals surface area contributed by atoms with Crippen LogP contribution in [0.1, 0.15) is 38.2 Å². The van der Waals surface area contributed by atoms with Crippen molar-refractivity contribution in [2.75, 3.05) is 6.26 Å². The molecule has 1 N–H and O–H groups in total. The molecule has 1 aromatic carbocycles. The topological polar surface area (TPSA) is 20.2 Å². The van der Waals surface area contributed by atoms with Crippen LogP contribution in [0.3, 0.4) is 0 Å². The first-order chi connectivity index (χ1) is 7.27. The molecule has 0 unspecified atom stereocenters. The van der Waals surface area contributed by atoms with Gasteiger partial charge in [-0.25, -0.2) is 0 Å². The van der Waals surface area contributed by atoms with Gasteiger partial charge in [0.1, 0.15) is 5.75 Å². The second kappa shape index (κ2) is 6.78. The standard InChI is InChI=1S/C13H20OS/c1-3-4-5-6-7-11-10-12(15-2)8-9-13(11)14/h8-10,14H,3-7H2,1-2H3. The Labute approximate surface area is 96.9 Å². The molecular formula is C13H20OS. The highest BCUT2D eigenvalue weighted by atomic mass is 32.2. The van der Waals surface area contributed by atoms with Crippen LogP contribution in [0.25, 0.3) is 0 Å². The number of aryl methyl sites for hydroxylation is 1. The average molecular weight is 224 g/mol. The minimum absolute atomic E-state index is 0.448. The number of aromatic hydroxyl groups is 1. The lowest BCUT2D eigenvalue weighted by atomic mass is 10.1. The maximum Gasteiger partial charge on any atom is 0.118 e. The fourth-order valence-corrected chi connectivity index (χ4v) is 2.10. The number of benzene rings is 1. The summed E-state index contributed by atoms with van der Waals surface area (Å²) >= 11 is 1.72. The van der Waals surface area contributed by atoms with E-state index >= 15 is 0 Å². The third-order valence-corrected chi connectivity index (χ3v) is 3.31. The summed E-state index contributed by atoms with van der Waals surface area (Å²) in [6.45, 7) is 2.21. The maximum atomic E-state index is 9.68. The monoisotopic (exact) mass is 224 g/mol. The number of thioether (sulfide) groups is 1. The van der Waals surface area contributed by atoms with Crippen molar-refractivity contribution in [2.24, 2.45) is 0 Å². The van der Waals surface area contributed by atoms with Crippen LogP contribution in [0.5, 0.6) is 5.75 Å². The van der Waals surface area contributed by atoms with Gasteiger partial charge in [0.2, 0.25) is 0 Å². The highest BCUT2D eigenvalue weighted by Gasteiger charge is 2.02. The van der Waals surface area contributed by atoms with Gasteiger partial charge in [0.25, 0.3) is 0 Å². The van der Waals surface area contributed by atoms with Gasteiger partial charge in [-0.2, -0.15) is 0 Å². The first-order valence-corrected chi connectivity index (χ1v) is 6.86. The van der Waals surface area contributed by atoms with Gasteiger partial charge >= 0.3 is 0 Å². The van der Waals surface area contributed by atoms with Gasteiger partial charge in [0.05, 0.1) is 0 Å². The molecule has 0 heterocycles. The van der Waals surface area contributed by atoms with Crippen molar-refractivity contribution in [3.05, 3.63) is 23.8 Å². The molecule has 0 saturated heterocycles. The summed E-state index contributed by atoms with van der Waals surface area (Å²) in [7, 11) is 0. The van der Waals surface area contributed by atoms with Crippen LogP contribution in [-0.2, 0) is 6.42 Å². The molecule has 84 valence electrons. The summed E-state index contributed by atoms with van der Waals surface area (Å²) in [5.74, 6) is 0.448. The van der Waals surface area contributed by atoms with E-state index in [0.717, 1.165) is 12.0 Å². The summed E-state index contributed by atoms with van der Waals surface area (Å²) < 4.78 is 0. The smallest absolute Gasteiger partial charge is 0.118 e. The number of hydrogen-bond donors (Lipinski definition) is 1. The van der Waals surface area contributed by atoms with Crippen molar-refractivity contribution in [2.45, 2.75) is 43.9 Å². The maximum absolute atomic E-state index is 9.68. The van der Waals surface area contributed by atoms with E-state index in [1.165, 1.54) is 30.6 Å². The van der Waals surface area contributed by atoms with Gasteiger partial charge in [-0.3, -0.25) is 0 Å². The van der Waals surface area contributed by atoms with E-state index in [1.54, 1.807) is 17.8 Å². The fourth-order valence-electron chi connectivity index (χ4n) is 1.63. The van der Waals surface area contributed by atoms with Crippen molar-refractivity contribution < 1.29 is 5.11 Å². The van der Waals surface area contributed by atoms with Gasteiger partial charge in [-0.1, -0.05) is 26.2 Å². The summed E-state index contributed by atoms with van der Waals surface area (Å²) in [6.07, 6.45) is 8.06. The van der Waals surface area contributed by atoms with Gasteiger partial charge in [0.15, 0.2) is 0 Å². The second-order valence-corrected chi connectivity index (χ2v) is 4.68. The lowest BCUT2D eigenvalue weighted by Gasteiger charge is -2.06. The van der Waals surface area contributed by atoms with Crippen LogP contribution in [0.2, 0.25) is 0 Å². The number of phenolic OH excluding ortho intramolecular Hbond substituents is 1. The molecule has 0 aromatic heterocycles. The molecule has 2 heteroatoms. The molecule has 0 spiro atoms. The molecule has 0 radical (unpaired) electrons. The lowest BCUT2D eigenvalue weighted by Crippen LogP contribution is -1.87. The van der Waals surface area contributed by atoms with E-state index in [9.17, 15) is 5.11 Å². The Morgan fingerprint density at radius 3 is 2.67 bits per heavy atom. The molecule has 0 aliphatic rings. The Kier molecular flexibility index (Phi) is 5.62. The molecule has 0 bridgehead atoms. The van der Waals surface area contributed by atoms with E-state index in [0.29, 0.717) is 5.75 Å². The second-order valence-electron chi connectivity index (χ2n) is 3.81. The van der Waals surface area contributed by atoms with Crippen LogP contribution in [-0.4, -0.2) is 11.4 Å². The zero-order valence-electron chi connectivity index (χ0n) is 9.62. The summed E-state index contributed by atoms with van der Waals surface area (Å²) in [5, 5.41) is 9.68. The SMILES string of the molecule is CCCCCCc1cc(SC)ccc1O. The molecule has 0 aliphatic heterocycles. The Balaban J connectivity index is 2.51. The zero-order valence-corrected chi connectivity index (χ0v) is 10.4. The van der Waals surface area contributed by atoms with E-state index in [2.05, 4.69) is 19.2 Å². The van der Waals surface area contributed by atoms with E-state index in [4.69, 9.17) is 0 Å². The van der Waals surface area contributed by atoms with Crippen molar-refractivity contribution in [3.63, 3.8) is 0 Å². The zero-order chi connectivity index (χ0) is 11.1. The highest BCUT2D eigenvalue weighted by molar-refractivity contribution is 7.98. The molecule has 1 rings (SSSR count). The minimum Gasteiger partial charge on any atom is -0.508 e. The van der Waals surface area contributed by atoms with Crippen molar-refractivity contribution in [1.29, 1.82) is 0 Å². The first-order valence-electron chi connectivity index (χ1n) is 5.63. The molecule has 0 amide bonds. The van der Waals surface area contributed by atoms with Crippen LogP contribution in [0.4, 0.5) is 0 Å². The fraction of sp³-hybridized carbons (Fsp3) is 0.538. The van der Waals surface area contributed by atoms with Gasteiger partial charge < -0.3 is 5.11 Å². The van der Waals surface area contributed by atoms with Crippen LogP contribution in [0, 0.1) is 0 Å². The van der Waals surface area contributed by atoms with Gasteiger partial charge in [0, 0.05) is 4.90 Å². The molecular weight excluding hydrogens is 204 g/mol. The first kappa shape index (κ1) is 12.4. The van der Waals surface area contributed by atoms with E-state index < -0.39 is 0 Å². The molecule has 15 heavy (non-hydrogen) atoms. The predicted octanol–water partition coefficient (Wildman–Crippen LogP) is 4.24. The van der Waals surface area contributed by atoms with Crippen molar-refractivity contribution >= 4 is 11.8 Å². The molecule has 0 aliphatic carbocycles. The molecule has 0 atom stereocenters. The number of phenols is 1. The Bertz CT molecular complexity index is 297. The molecule has 0 saturated carbocycles. The van der Waals surface area contributed by atoms with Crippen LogP contribution < -0.4 is 0 Å². The molecule has 0 fully saturated rings. The number of hydrogen-bond acceptors (Lipinski definition) is 2. The normalized spacial score (nSPS) is 10.5. The van der Waals surface area contributed by atoms with Crippen LogP contribution in [0.15, 0.2) is 23.1 Å². The number of unbranched alkanes of at least 4 members (excludes halogenated alkanes) is 3. The summed E-state index contributed by atoms with van der Waals surface area (Å²) in [5.41, 5.74) is 1.10. The average Bonchev–Trinajstić information content (AvgIpc) is 2.26. The third-order valence-electron chi connectivity index (χ3n) is 2.59. The Hall–Kier alpha value is -0.630. The summed E-state index contributed by atoms with van der Waals surface area (Å²) in [6, 6.07) is 5.88. The largest absolute Gasteiger partial charge is 0.508 e. The van der Waals surface area contributed by atoms with Crippen molar-refractivity contribution in [3.8, 4) is 5.75 Å². The predicted molar refractivity (Wildman–Crippen MR) is 67.7 cm³/mol. The quantitative estimate of drug-likeness (QED) is 0.576. The molecule has 1 nitrogen and oxygen atoms in total. The van der Waals surface area contributed by atoms with E-state index in [1.807, 2.05) is 6.07 Å². The van der Waals surface area contributed by atoms with Crippen molar-refractivity contribution in [1.82, 2.24) is 0 Å². The third kappa shape index (κ3) is 4.17. The number of rotatable bonds is 6. The Morgan fingerprint density at radius 2 is 2.00 bits per heavy atom. The van der Waals surface area contributed by atoms with Gasteiger partial charge in [-0.15, -0.1) is 11.8 Å². The minimum atomic E-state index is 0.448. The Morgan fingerprint density at radius 1 is 1.20 bits per heavy atom. The van der Waals surface area contributed by atoms with E-state index in [-0.39, 0.29) is 0 Å².